The van der Waals surface area contributed by atoms with E-state index in [1.807, 2.05) is 39.1 Å². The molecule has 1 aromatic rings. The Morgan fingerprint density at radius 1 is 1.62 bits per heavy atom. The summed E-state index contributed by atoms with van der Waals surface area (Å²) in [5.74, 6) is -0.0237. The maximum absolute atomic E-state index is 12.0. The van der Waals surface area contributed by atoms with Crippen LogP contribution in [-0.4, -0.2) is 16.8 Å². The van der Waals surface area contributed by atoms with Crippen molar-refractivity contribution < 1.29 is 4.79 Å². The number of rotatable bonds is 4. The van der Waals surface area contributed by atoms with Crippen LogP contribution in [0, 0.1) is 0 Å². The average molecular weight is 260 g/mol. The van der Waals surface area contributed by atoms with Gasteiger partial charge in [-0.05, 0) is 44.2 Å². The molecule has 0 spiro atoms. The summed E-state index contributed by atoms with van der Waals surface area (Å²) in [7, 11) is 0. The summed E-state index contributed by atoms with van der Waals surface area (Å²) in [6.45, 7) is 7.80. The van der Waals surface area contributed by atoms with Crippen LogP contribution in [0.2, 0.25) is 0 Å². The van der Waals surface area contributed by atoms with Crippen LogP contribution in [0.5, 0.6) is 0 Å². The first-order valence-corrected chi connectivity index (χ1v) is 6.73. The fourth-order valence-corrected chi connectivity index (χ4v) is 2.21. The second kappa shape index (κ2) is 5.19. The molecule has 0 fully saturated rings. The van der Waals surface area contributed by atoms with Crippen molar-refractivity contribution in [2.45, 2.75) is 45.0 Å². The van der Waals surface area contributed by atoms with E-state index in [1.54, 1.807) is 0 Å². The van der Waals surface area contributed by atoms with E-state index in [4.69, 9.17) is 11.6 Å². The predicted molar refractivity (Wildman–Crippen MR) is 70.6 cm³/mol. The number of halogens is 1. The third-order valence-corrected chi connectivity index (χ3v) is 4.27. The van der Waals surface area contributed by atoms with Crippen molar-refractivity contribution in [3.8, 4) is 0 Å². The number of nitrogens with one attached hydrogen (secondary N) is 1. The lowest BCUT2D eigenvalue weighted by Gasteiger charge is -2.28. The van der Waals surface area contributed by atoms with E-state index in [2.05, 4.69) is 5.32 Å². The zero-order valence-electron chi connectivity index (χ0n) is 10.1. The quantitative estimate of drug-likeness (QED) is 0.825. The smallest absolute Gasteiger partial charge is 0.262 e. The highest BCUT2D eigenvalue weighted by Crippen LogP contribution is 2.20. The Kier molecular flexibility index (Phi) is 4.39. The van der Waals surface area contributed by atoms with Gasteiger partial charge in [0, 0.05) is 0 Å². The molecule has 1 amide bonds. The minimum Gasteiger partial charge on any atom is -0.345 e. The summed E-state index contributed by atoms with van der Waals surface area (Å²) in [6.07, 6.45) is 0.878. The van der Waals surface area contributed by atoms with Crippen LogP contribution < -0.4 is 5.32 Å². The molecule has 0 saturated heterocycles. The van der Waals surface area contributed by atoms with E-state index in [1.165, 1.54) is 11.3 Å². The van der Waals surface area contributed by atoms with E-state index in [9.17, 15) is 4.79 Å². The molecule has 1 rings (SSSR count). The average Bonchev–Trinajstić information content (AvgIpc) is 2.64. The largest absolute Gasteiger partial charge is 0.345 e. The van der Waals surface area contributed by atoms with Crippen molar-refractivity contribution in [2.24, 2.45) is 0 Å². The molecule has 4 heteroatoms. The summed E-state index contributed by atoms with van der Waals surface area (Å²) in [5, 5.41) is 4.81. The Morgan fingerprint density at radius 3 is 2.75 bits per heavy atom. The Balaban J connectivity index is 2.81. The molecule has 0 aliphatic rings. The molecule has 0 aliphatic carbocycles. The van der Waals surface area contributed by atoms with Gasteiger partial charge in [0.05, 0.1) is 15.8 Å². The summed E-state index contributed by atoms with van der Waals surface area (Å²) >= 11 is 7.52. The highest BCUT2D eigenvalue weighted by Gasteiger charge is 2.27. The first-order chi connectivity index (χ1) is 7.38. The van der Waals surface area contributed by atoms with Gasteiger partial charge in [-0.15, -0.1) is 22.9 Å². The molecule has 1 unspecified atom stereocenters. The number of amides is 1. The van der Waals surface area contributed by atoms with Gasteiger partial charge in [-0.3, -0.25) is 4.79 Å². The fourth-order valence-electron chi connectivity index (χ4n) is 1.26. The zero-order valence-corrected chi connectivity index (χ0v) is 11.7. The van der Waals surface area contributed by atoms with Gasteiger partial charge in [-0.1, -0.05) is 6.92 Å². The Hall–Kier alpha value is -0.540. The normalized spacial score (nSPS) is 13.6. The molecule has 1 atom stereocenters. The topological polar surface area (TPSA) is 29.1 Å². The third kappa shape index (κ3) is 2.98. The van der Waals surface area contributed by atoms with E-state index in [0.717, 1.165) is 16.9 Å². The number of hydrogen-bond acceptors (Lipinski definition) is 2. The van der Waals surface area contributed by atoms with Crippen LogP contribution in [0.4, 0.5) is 0 Å². The first-order valence-electron chi connectivity index (χ1n) is 5.41. The van der Waals surface area contributed by atoms with Crippen molar-refractivity contribution in [1.29, 1.82) is 0 Å². The van der Waals surface area contributed by atoms with Gasteiger partial charge in [0.15, 0.2) is 0 Å². The Labute approximate surface area is 106 Å². The molecular formula is C12H18ClNOS. The summed E-state index contributed by atoms with van der Waals surface area (Å²) in [4.78, 5) is 12.8. The van der Waals surface area contributed by atoms with Gasteiger partial charge in [-0.25, -0.2) is 0 Å². The fraction of sp³-hybridized carbons (Fsp3) is 0.583. The van der Waals surface area contributed by atoms with Crippen LogP contribution in [0.1, 0.15) is 42.9 Å². The van der Waals surface area contributed by atoms with Crippen LogP contribution in [0.3, 0.4) is 0 Å². The van der Waals surface area contributed by atoms with Gasteiger partial charge in [-0.2, -0.15) is 0 Å². The van der Waals surface area contributed by atoms with E-state index in [0.29, 0.717) is 0 Å². The maximum Gasteiger partial charge on any atom is 0.262 e. The molecule has 1 aromatic heterocycles. The molecule has 0 saturated carbocycles. The number of carbonyl (C=O) groups is 1. The number of carbonyl (C=O) groups excluding carboxylic acids is 1. The first kappa shape index (κ1) is 13.5. The standard InChI is InChI=1S/C12H18ClNOS/c1-5-9-6-7-16-10(9)11(15)14-12(3,4)8(2)13/h6-8H,5H2,1-4H3,(H,14,15). The minimum absolute atomic E-state index is 0.0237. The molecule has 2 nitrogen and oxygen atoms in total. The third-order valence-electron chi connectivity index (χ3n) is 2.76. The highest BCUT2D eigenvalue weighted by atomic mass is 35.5. The van der Waals surface area contributed by atoms with Crippen molar-refractivity contribution in [3.05, 3.63) is 21.9 Å². The van der Waals surface area contributed by atoms with Gasteiger partial charge in [0.2, 0.25) is 0 Å². The molecule has 0 radical (unpaired) electrons. The molecular weight excluding hydrogens is 242 g/mol. The lowest BCUT2D eigenvalue weighted by Crippen LogP contribution is -2.49. The zero-order chi connectivity index (χ0) is 12.3. The van der Waals surface area contributed by atoms with Crippen molar-refractivity contribution in [2.75, 3.05) is 0 Å². The van der Waals surface area contributed by atoms with Crippen molar-refractivity contribution in [3.63, 3.8) is 0 Å². The van der Waals surface area contributed by atoms with E-state index >= 15 is 0 Å². The predicted octanol–water partition coefficient (Wildman–Crippen LogP) is 3.45. The van der Waals surface area contributed by atoms with Crippen molar-refractivity contribution in [1.82, 2.24) is 5.32 Å². The van der Waals surface area contributed by atoms with Crippen LogP contribution in [0.15, 0.2) is 11.4 Å². The molecule has 0 aliphatic heterocycles. The molecule has 0 aromatic carbocycles. The molecule has 1 N–H and O–H groups in total. The highest BCUT2D eigenvalue weighted by molar-refractivity contribution is 7.12. The van der Waals surface area contributed by atoms with Crippen LogP contribution in [0.25, 0.3) is 0 Å². The number of alkyl halides is 1. The van der Waals surface area contributed by atoms with Crippen molar-refractivity contribution >= 4 is 28.8 Å². The van der Waals surface area contributed by atoms with E-state index < -0.39 is 5.54 Å². The van der Waals surface area contributed by atoms with Gasteiger partial charge >= 0.3 is 0 Å². The molecule has 90 valence electrons. The van der Waals surface area contributed by atoms with Gasteiger partial charge < -0.3 is 5.32 Å². The maximum atomic E-state index is 12.0. The summed E-state index contributed by atoms with van der Waals surface area (Å²) < 4.78 is 0. The monoisotopic (exact) mass is 259 g/mol. The van der Waals surface area contributed by atoms with E-state index in [-0.39, 0.29) is 11.3 Å². The summed E-state index contributed by atoms with van der Waals surface area (Å²) in [5.41, 5.74) is 0.703. The minimum atomic E-state index is -0.395. The molecule has 0 bridgehead atoms. The number of aryl methyl sites for hydroxylation is 1. The lowest BCUT2D eigenvalue weighted by molar-refractivity contribution is 0.0916. The Bertz CT molecular complexity index is 371. The number of thiophene rings is 1. The second-order valence-electron chi connectivity index (χ2n) is 4.42. The van der Waals surface area contributed by atoms with Gasteiger partial charge in [0.1, 0.15) is 0 Å². The number of hydrogen-bond donors (Lipinski definition) is 1. The lowest BCUT2D eigenvalue weighted by atomic mass is 10.0. The second-order valence-corrected chi connectivity index (χ2v) is 5.99. The van der Waals surface area contributed by atoms with Crippen LogP contribution >= 0.6 is 22.9 Å². The van der Waals surface area contributed by atoms with Crippen LogP contribution in [-0.2, 0) is 6.42 Å². The SMILES string of the molecule is CCc1ccsc1C(=O)NC(C)(C)C(C)Cl. The molecule has 16 heavy (non-hydrogen) atoms. The Morgan fingerprint density at radius 2 is 2.25 bits per heavy atom. The summed E-state index contributed by atoms with van der Waals surface area (Å²) in [6, 6.07) is 2.00. The molecule has 1 heterocycles. The van der Waals surface area contributed by atoms with Gasteiger partial charge in [0.25, 0.3) is 5.91 Å².